The molecular weight excluding hydrogens is 372 g/mol. The predicted octanol–water partition coefficient (Wildman–Crippen LogP) is 4.89. The Labute approximate surface area is 168 Å². The van der Waals surface area contributed by atoms with Crippen LogP contribution in [0.15, 0.2) is 61.3 Å². The Balaban J connectivity index is 1.42. The number of hydrogen-bond donors (Lipinski definition) is 1. The van der Waals surface area contributed by atoms with Crippen LogP contribution in [0, 0.1) is 0 Å². The lowest BCUT2D eigenvalue weighted by Crippen LogP contribution is -2.56. The standard InChI is InChI=1S/C22H23F2N5/c1-2-11-29-14-18(13-27-29)21-8-9-25-12-17(21)7-10-26-19-3-5-20(6-4-19)28-15-22(23,24)16-28/h3-10,12-14,26H,2,11,15-16H2,1H3/b10-7+. The number of anilines is 2. The van der Waals surface area contributed by atoms with Crippen molar-refractivity contribution < 1.29 is 8.78 Å². The molecule has 1 aliphatic rings. The monoisotopic (exact) mass is 395 g/mol. The van der Waals surface area contributed by atoms with Gasteiger partial charge in [-0.3, -0.25) is 9.67 Å². The lowest BCUT2D eigenvalue weighted by Gasteiger charge is -2.40. The number of rotatable bonds is 7. The molecule has 5 nitrogen and oxygen atoms in total. The van der Waals surface area contributed by atoms with Gasteiger partial charge in [0.05, 0.1) is 19.3 Å². The quantitative estimate of drug-likeness (QED) is 0.619. The molecule has 0 bridgehead atoms. The molecule has 4 rings (SSSR count). The fraction of sp³-hybridized carbons (Fsp3) is 0.273. The van der Waals surface area contributed by atoms with Gasteiger partial charge in [0.2, 0.25) is 0 Å². The topological polar surface area (TPSA) is 46.0 Å². The van der Waals surface area contributed by atoms with Crippen molar-refractivity contribution in [2.45, 2.75) is 25.8 Å². The zero-order valence-electron chi connectivity index (χ0n) is 16.2. The molecule has 2 aromatic heterocycles. The number of aromatic nitrogens is 3. The summed E-state index contributed by atoms with van der Waals surface area (Å²) in [6.07, 6.45) is 12.4. The second-order valence-corrected chi connectivity index (χ2v) is 7.19. The summed E-state index contributed by atoms with van der Waals surface area (Å²) in [6, 6.07) is 9.45. The van der Waals surface area contributed by atoms with E-state index in [4.69, 9.17) is 0 Å². The lowest BCUT2D eigenvalue weighted by atomic mass is 10.1. The molecule has 0 amide bonds. The van der Waals surface area contributed by atoms with Gasteiger partial charge in [0.1, 0.15) is 0 Å². The summed E-state index contributed by atoms with van der Waals surface area (Å²) in [6.45, 7) is 2.60. The van der Waals surface area contributed by atoms with Crippen LogP contribution < -0.4 is 10.2 Å². The molecule has 1 aliphatic heterocycles. The van der Waals surface area contributed by atoms with Crippen LogP contribution in [0.25, 0.3) is 17.2 Å². The van der Waals surface area contributed by atoms with Crippen molar-refractivity contribution >= 4 is 17.5 Å². The Morgan fingerprint density at radius 2 is 1.93 bits per heavy atom. The average molecular weight is 395 g/mol. The van der Waals surface area contributed by atoms with E-state index in [2.05, 4.69) is 22.3 Å². The third-order valence-electron chi connectivity index (χ3n) is 4.84. The third-order valence-corrected chi connectivity index (χ3v) is 4.84. The molecule has 3 heterocycles. The first-order valence-corrected chi connectivity index (χ1v) is 9.67. The normalized spacial score (nSPS) is 15.5. The first kappa shape index (κ1) is 19.1. The summed E-state index contributed by atoms with van der Waals surface area (Å²) in [5.74, 6) is -2.56. The minimum atomic E-state index is -2.56. The van der Waals surface area contributed by atoms with E-state index in [-0.39, 0.29) is 13.1 Å². The molecular formula is C22H23F2N5. The minimum absolute atomic E-state index is 0.210. The van der Waals surface area contributed by atoms with Crippen LogP contribution in [0.4, 0.5) is 20.2 Å². The summed E-state index contributed by atoms with van der Waals surface area (Å²) < 4.78 is 27.9. The van der Waals surface area contributed by atoms with E-state index in [9.17, 15) is 8.78 Å². The zero-order valence-corrected chi connectivity index (χ0v) is 16.2. The van der Waals surface area contributed by atoms with Gasteiger partial charge in [0.15, 0.2) is 0 Å². The van der Waals surface area contributed by atoms with Crippen LogP contribution in [-0.2, 0) is 6.54 Å². The smallest absolute Gasteiger partial charge is 0.282 e. The number of nitrogens with zero attached hydrogens (tertiary/aromatic N) is 4. The molecule has 0 atom stereocenters. The molecule has 150 valence electrons. The molecule has 29 heavy (non-hydrogen) atoms. The Bertz CT molecular complexity index is 986. The molecule has 1 N–H and O–H groups in total. The van der Waals surface area contributed by atoms with E-state index in [1.165, 1.54) is 0 Å². The molecule has 1 saturated heterocycles. The lowest BCUT2D eigenvalue weighted by molar-refractivity contribution is -0.0262. The van der Waals surface area contributed by atoms with Crippen molar-refractivity contribution in [2.24, 2.45) is 0 Å². The SMILES string of the molecule is CCCn1cc(-c2ccncc2/C=C/Nc2ccc(N3CC(F)(F)C3)cc2)cn1. The molecule has 0 unspecified atom stereocenters. The van der Waals surface area contributed by atoms with Crippen LogP contribution in [0.1, 0.15) is 18.9 Å². The van der Waals surface area contributed by atoms with Crippen LogP contribution in [0.2, 0.25) is 0 Å². The van der Waals surface area contributed by atoms with Crippen molar-refractivity contribution in [1.82, 2.24) is 14.8 Å². The molecule has 1 fully saturated rings. The van der Waals surface area contributed by atoms with Crippen LogP contribution >= 0.6 is 0 Å². The van der Waals surface area contributed by atoms with Gasteiger partial charge in [-0.25, -0.2) is 8.78 Å². The number of nitrogens with one attached hydrogen (secondary N) is 1. The second kappa shape index (κ2) is 8.03. The summed E-state index contributed by atoms with van der Waals surface area (Å²) in [4.78, 5) is 5.89. The molecule has 7 heteroatoms. The largest absolute Gasteiger partial charge is 0.362 e. The molecule has 0 radical (unpaired) electrons. The van der Waals surface area contributed by atoms with Gasteiger partial charge >= 0.3 is 0 Å². The highest BCUT2D eigenvalue weighted by molar-refractivity contribution is 5.74. The summed E-state index contributed by atoms with van der Waals surface area (Å²) >= 11 is 0. The van der Waals surface area contributed by atoms with E-state index >= 15 is 0 Å². The van der Waals surface area contributed by atoms with Crippen LogP contribution in [0.3, 0.4) is 0 Å². The van der Waals surface area contributed by atoms with Crippen LogP contribution in [-0.4, -0.2) is 33.8 Å². The van der Waals surface area contributed by atoms with Crippen molar-refractivity contribution in [3.63, 3.8) is 0 Å². The summed E-state index contributed by atoms with van der Waals surface area (Å²) in [5, 5.41) is 7.62. The van der Waals surface area contributed by atoms with E-state index in [0.29, 0.717) is 0 Å². The Morgan fingerprint density at radius 3 is 2.66 bits per heavy atom. The van der Waals surface area contributed by atoms with Gasteiger partial charge in [0, 0.05) is 53.8 Å². The highest BCUT2D eigenvalue weighted by atomic mass is 19.3. The van der Waals surface area contributed by atoms with E-state index in [0.717, 1.165) is 41.0 Å². The van der Waals surface area contributed by atoms with E-state index in [1.807, 2.05) is 65.9 Å². The molecule has 0 aliphatic carbocycles. The molecule has 0 saturated carbocycles. The maximum absolute atomic E-state index is 13.0. The van der Waals surface area contributed by atoms with Crippen LogP contribution in [0.5, 0.6) is 0 Å². The van der Waals surface area contributed by atoms with Gasteiger partial charge in [-0.15, -0.1) is 0 Å². The Hall–Kier alpha value is -3.22. The number of alkyl halides is 2. The van der Waals surface area contributed by atoms with Gasteiger partial charge < -0.3 is 10.2 Å². The van der Waals surface area contributed by atoms with Gasteiger partial charge in [0.25, 0.3) is 5.92 Å². The Kier molecular flexibility index (Phi) is 5.29. The van der Waals surface area contributed by atoms with Crippen molar-refractivity contribution in [1.29, 1.82) is 0 Å². The van der Waals surface area contributed by atoms with Gasteiger partial charge in [-0.05, 0) is 48.4 Å². The predicted molar refractivity (Wildman–Crippen MR) is 112 cm³/mol. The van der Waals surface area contributed by atoms with Crippen molar-refractivity contribution in [2.75, 3.05) is 23.3 Å². The highest BCUT2D eigenvalue weighted by Gasteiger charge is 2.43. The van der Waals surface area contributed by atoms with Crippen molar-refractivity contribution in [3.8, 4) is 11.1 Å². The zero-order chi connectivity index (χ0) is 20.3. The highest BCUT2D eigenvalue weighted by Crippen LogP contribution is 2.32. The first-order chi connectivity index (χ1) is 14.0. The number of benzene rings is 1. The molecule has 3 aromatic rings. The first-order valence-electron chi connectivity index (χ1n) is 9.67. The molecule has 0 spiro atoms. The maximum Gasteiger partial charge on any atom is 0.282 e. The minimum Gasteiger partial charge on any atom is -0.362 e. The number of pyridine rings is 1. The third kappa shape index (κ3) is 4.45. The number of halogens is 2. The van der Waals surface area contributed by atoms with E-state index < -0.39 is 5.92 Å². The fourth-order valence-electron chi connectivity index (χ4n) is 3.35. The second-order valence-electron chi connectivity index (χ2n) is 7.19. The fourth-order valence-corrected chi connectivity index (χ4v) is 3.35. The summed E-state index contributed by atoms with van der Waals surface area (Å²) in [5.41, 5.74) is 4.80. The Morgan fingerprint density at radius 1 is 1.14 bits per heavy atom. The number of aryl methyl sites for hydroxylation is 1. The summed E-state index contributed by atoms with van der Waals surface area (Å²) in [7, 11) is 0. The maximum atomic E-state index is 13.0. The van der Waals surface area contributed by atoms with Gasteiger partial charge in [-0.1, -0.05) is 6.92 Å². The van der Waals surface area contributed by atoms with Gasteiger partial charge in [-0.2, -0.15) is 5.10 Å². The van der Waals surface area contributed by atoms with E-state index in [1.54, 1.807) is 11.1 Å². The molecule has 1 aromatic carbocycles. The van der Waals surface area contributed by atoms with Crippen molar-refractivity contribution in [3.05, 3.63) is 66.9 Å². The average Bonchev–Trinajstić information content (AvgIpc) is 3.16. The number of hydrogen-bond acceptors (Lipinski definition) is 4.